The van der Waals surface area contributed by atoms with Crippen molar-refractivity contribution in [2.24, 2.45) is 0 Å². The zero-order valence-electron chi connectivity index (χ0n) is 16.5. The summed E-state index contributed by atoms with van der Waals surface area (Å²) in [6.07, 6.45) is 0. The standard InChI is InChI=1S/C23H26N4O/c1-17-14-21(20-8-3-4-9-22(20)24-17)23(28)25-19-7-5-6-18(15-19)16-27-12-10-26(2)11-13-27/h3-9,14-15H,10-13,16H2,1-2H3,(H,25,28). The fraction of sp³-hybridized carbons (Fsp3) is 0.304. The van der Waals surface area contributed by atoms with Gasteiger partial charge in [-0.1, -0.05) is 30.3 Å². The topological polar surface area (TPSA) is 48.5 Å². The summed E-state index contributed by atoms with van der Waals surface area (Å²) in [6, 6.07) is 17.8. The lowest BCUT2D eigenvalue weighted by Crippen LogP contribution is -2.43. The van der Waals surface area contributed by atoms with Crippen molar-refractivity contribution in [2.45, 2.75) is 13.5 Å². The Morgan fingerprint density at radius 3 is 2.64 bits per heavy atom. The predicted molar refractivity (Wildman–Crippen MR) is 114 cm³/mol. The number of carbonyl (C=O) groups is 1. The molecule has 28 heavy (non-hydrogen) atoms. The maximum absolute atomic E-state index is 13.0. The average Bonchev–Trinajstić information content (AvgIpc) is 2.69. The van der Waals surface area contributed by atoms with Gasteiger partial charge in [-0.2, -0.15) is 0 Å². The number of anilines is 1. The molecule has 0 unspecified atom stereocenters. The number of piperazine rings is 1. The van der Waals surface area contributed by atoms with Crippen molar-refractivity contribution in [3.05, 3.63) is 71.4 Å². The Morgan fingerprint density at radius 2 is 1.82 bits per heavy atom. The molecular weight excluding hydrogens is 348 g/mol. The number of carbonyl (C=O) groups excluding carboxylic acids is 1. The highest BCUT2D eigenvalue weighted by Crippen LogP contribution is 2.20. The number of hydrogen-bond acceptors (Lipinski definition) is 4. The van der Waals surface area contributed by atoms with E-state index >= 15 is 0 Å². The van der Waals surface area contributed by atoms with Gasteiger partial charge in [0.2, 0.25) is 0 Å². The van der Waals surface area contributed by atoms with Crippen LogP contribution in [0.3, 0.4) is 0 Å². The number of hydrogen-bond donors (Lipinski definition) is 1. The minimum atomic E-state index is -0.0987. The summed E-state index contributed by atoms with van der Waals surface area (Å²) in [5, 5.41) is 3.94. The number of para-hydroxylation sites is 1. The van der Waals surface area contributed by atoms with E-state index in [-0.39, 0.29) is 5.91 Å². The third kappa shape index (κ3) is 4.21. The van der Waals surface area contributed by atoms with Gasteiger partial charge in [0.05, 0.1) is 11.1 Å². The van der Waals surface area contributed by atoms with E-state index in [0.717, 1.165) is 55.0 Å². The average molecular weight is 374 g/mol. The molecule has 1 fully saturated rings. The van der Waals surface area contributed by atoms with Crippen LogP contribution in [0.2, 0.25) is 0 Å². The molecule has 2 heterocycles. The van der Waals surface area contributed by atoms with Gasteiger partial charge in [-0.3, -0.25) is 14.7 Å². The number of fused-ring (bicyclic) bond motifs is 1. The minimum absolute atomic E-state index is 0.0987. The lowest BCUT2D eigenvalue weighted by molar-refractivity contribution is 0.102. The van der Waals surface area contributed by atoms with Gasteiger partial charge in [-0.25, -0.2) is 0 Å². The first-order chi connectivity index (χ1) is 13.6. The molecule has 4 rings (SSSR count). The lowest BCUT2D eigenvalue weighted by Gasteiger charge is -2.32. The molecule has 1 amide bonds. The van der Waals surface area contributed by atoms with Crippen LogP contribution in [0.25, 0.3) is 10.9 Å². The molecule has 1 aromatic heterocycles. The second-order valence-electron chi connectivity index (χ2n) is 7.56. The molecule has 5 nitrogen and oxygen atoms in total. The number of likely N-dealkylation sites (N-methyl/N-ethyl adjacent to an activating group) is 1. The third-order valence-corrected chi connectivity index (χ3v) is 5.28. The summed E-state index contributed by atoms with van der Waals surface area (Å²) in [4.78, 5) is 22.3. The molecule has 0 radical (unpaired) electrons. The monoisotopic (exact) mass is 374 g/mol. The fourth-order valence-corrected chi connectivity index (χ4v) is 3.71. The summed E-state index contributed by atoms with van der Waals surface area (Å²) < 4.78 is 0. The Morgan fingerprint density at radius 1 is 1.04 bits per heavy atom. The van der Waals surface area contributed by atoms with E-state index < -0.39 is 0 Å². The summed E-state index contributed by atoms with van der Waals surface area (Å²) in [6.45, 7) is 7.19. The van der Waals surface area contributed by atoms with Crippen molar-refractivity contribution in [1.29, 1.82) is 0 Å². The largest absolute Gasteiger partial charge is 0.322 e. The number of rotatable bonds is 4. The molecule has 5 heteroatoms. The minimum Gasteiger partial charge on any atom is -0.322 e. The molecule has 2 aromatic carbocycles. The molecule has 1 aliphatic heterocycles. The van der Waals surface area contributed by atoms with Gasteiger partial charge in [0.25, 0.3) is 5.91 Å². The SMILES string of the molecule is Cc1cc(C(=O)Nc2cccc(CN3CCN(C)CC3)c2)c2ccccc2n1. The van der Waals surface area contributed by atoms with Crippen molar-refractivity contribution in [3.8, 4) is 0 Å². The van der Waals surface area contributed by atoms with Gasteiger partial charge in [-0.05, 0) is 43.8 Å². The number of pyridine rings is 1. The smallest absolute Gasteiger partial charge is 0.256 e. The third-order valence-electron chi connectivity index (χ3n) is 5.28. The van der Waals surface area contributed by atoms with E-state index in [2.05, 4.69) is 39.3 Å². The first-order valence-electron chi connectivity index (χ1n) is 9.76. The molecule has 0 aliphatic carbocycles. The number of nitrogens with zero attached hydrogens (tertiary/aromatic N) is 3. The van der Waals surface area contributed by atoms with Crippen LogP contribution in [0.15, 0.2) is 54.6 Å². The van der Waals surface area contributed by atoms with Crippen LogP contribution in [0.5, 0.6) is 0 Å². The fourth-order valence-electron chi connectivity index (χ4n) is 3.71. The molecule has 1 saturated heterocycles. The Balaban J connectivity index is 1.51. The van der Waals surface area contributed by atoms with Gasteiger partial charge in [0.15, 0.2) is 0 Å². The summed E-state index contributed by atoms with van der Waals surface area (Å²) in [7, 11) is 2.16. The van der Waals surface area contributed by atoms with Gasteiger partial charge in [0, 0.05) is 49.5 Å². The van der Waals surface area contributed by atoms with Crippen LogP contribution in [0.4, 0.5) is 5.69 Å². The molecule has 0 bridgehead atoms. The quantitative estimate of drug-likeness (QED) is 0.759. The van der Waals surface area contributed by atoms with E-state index in [0.29, 0.717) is 5.56 Å². The second kappa shape index (κ2) is 8.09. The number of aryl methyl sites for hydroxylation is 1. The predicted octanol–water partition coefficient (Wildman–Crippen LogP) is 3.54. The first kappa shape index (κ1) is 18.6. The van der Waals surface area contributed by atoms with Crippen molar-refractivity contribution in [3.63, 3.8) is 0 Å². The summed E-state index contributed by atoms with van der Waals surface area (Å²) in [5.41, 5.74) is 4.39. The molecule has 1 aliphatic rings. The molecule has 0 spiro atoms. The Kier molecular flexibility index (Phi) is 5.37. The number of aromatic nitrogens is 1. The number of amides is 1. The molecular formula is C23H26N4O. The summed E-state index contributed by atoms with van der Waals surface area (Å²) >= 11 is 0. The van der Waals surface area contributed by atoms with Gasteiger partial charge >= 0.3 is 0 Å². The normalized spacial score (nSPS) is 15.6. The molecule has 0 saturated carbocycles. The lowest BCUT2D eigenvalue weighted by atomic mass is 10.1. The Labute approximate surface area is 166 Å². The second-order valence-corrected chi connectivity index (χ2v) is 7.56. The zero-order chi connectivity index (χ0) is 19.5. The van der Waals surface area contributed by atoms with Gasteiger partial charge < -0.3 is 10.2 Å². The van der Waals surface area contributed by atoms with Crippen LogP contribution in [-0.4, -0.2) is 53.9 Å². The van der Waals surface area contributed by atoms with E-state index in [9.17, 15) is 4.79 Å². The highest BCUT2D eigenvalue weighted by Gasteiger charge is 2.15. The maximum atomic E-state index is 13.0. The molecule has 1 N–H and O–H groups in total. The van der Waals surface area contributed by atoms with E-state index in [1.807, 2.05) is 49.4 Å². The van der Waals surface area contributed by atoms with Crippen molar-refractivity contribution in [1.82, 2.24) is 14.8 Å². The molecule has 0 atom stereocenters. The Hall–Kier alpha value is -2.76. The van der Waals surface area contributed by atoms with Crippen LogP contribution >= 0.6 is 0 Å². The maximum Gasteiger partial charge on any atom is 0.256 e. The Bertz CT molecular complexity index is 993. The van der Waals surface area contributed by atoms with Gasteiger partial charge in [0.1, 0.15) is 0 Å². The van der Waals surface area contributed by atoms with Crippen molar-refractivity contribution < 1.29 is 4.79 Å². The first-order valence-corrected chi connectivity index (χ1v) is 9.76. The number of nitrogens with one attached hydrogen (secondary N) is 1. The van der Waals surface area contributed by atoms with E-state index in [1.54, 1.807) is 0 Å². The highest BCUT2D eigenvalue weighted by molar-refractivity contribution is 6.12. The number of benzene rings is 2. The van der Waals surface area contributed by atoms with E-state index in [1.165, 1.54) is 5.56 Å². The molecule has 3 aromatic rings. The van der Waals surface area contributed by atoms with Crippen molar-refractivity contribution >= 4 is 22.5 Å². The van der Waals surface area contributed by atoms with Crippen LogP contribution in [0, 0.1) is 6.92 Å². The van der Waals surface area contributed by atoms with Gasteiger partial charge in [-0.15, -0.1) is 0 Å². The van der Waals surface area contributed by atoms with Crippen molar-refractivity contribution in [2.75, 3.05) is 38.5 Å². The van der Waals surface area contributed by atoms with Crippen LogP contribution in [-0.2, 0) is 6.54 Å². The van der Waals surface area contributed by atoms with Crippen LogP contribution < -0.4 is 5.32 Å². The van der Waals surface area contributed by atoms with E-state index in [4.69, 9.17) is 0 Å². The highest BCUT2D eigenvalue weighted by atomic mass is 16.1. The summed E-state index contributed by atoms with van der Waals surface area (Å²) in [5.74, 6) is -0.0987. The molecule has 144 valence electrons. The zero-order valence-corrected chi connectivity index (χ0v) is 16.5. The van der Waals surface area contributed by atoms with Crippen LogP contribution in [0.1, 0.15) is 21.6 Å².